The Bertz CT molecular complexity index is 1650. The fourth-order valence-electron chi connectivity index (χ4n) is 5.31. The van der Waals surface area contributed by atoms with Gasteiger partial charge in [0.2, 0.25) is 41.4 Å². The van der Waals surface area contributed by atoms with Crippen molar-refractivity contribution < 1.29 is 73.8 Å². The molecule has 7 amide bonds. The number of carbonyl (C=O) groups is 9. The largest absolute Gasteiger partial charge is 0.481 e. The van der Waals surface area contributed by atoms with Crippen molar-refractivity contribution in [2.24, 2.45) is 11.7 Å². The van der Waals surface area contributed by atoms with Gasteiger partial charge in [0.1, 0.15) is 42.3 Å². The summed E-state index contributed by atoms with van der Waals surface area (Å²) < 4.78 is 0. The molecule has 1 rings (SSSR count). The minimum Gasteiger partial charge on any atom is -0.481 e. The van der Waals surface area contributed by atoms with Crippen LogP contribution in [0.1, 0.15) is 59.4 Å². The van der Waals surface area contributed by atoms with Crippen molar-refractivity contribution in [2.75, 3.05) is 13.2 Å². The van der Waals surface area contributed by atoms with Gasteiger partial charge in [-0.05, 0) is 45.1 Å². The molecule has 0 saturated carbocycles. The predicted octanol–water partition coefficient (Wildman–Crippen LogP) is -5.29. The van der Waals surface area contributed by atoms with Crippen molar-refractivity contribution in [3.8, 4) is 0 Å². The van der Waals surface area contributed by atoms with Crippen molar-refractivity contribution >= 4 is 53.3 Å². The van der Waals surface area contributed by atoms with Crippen LogP contribution in [0, 0.1) is 5.92 Å². The van der Waals surface area contributed by atoms with Crippen LogP contribution in [-0.2, 0) is 49.6 Å². The quantitative estimate of drug-likeness (QED) is 0.0414. The fraction of sp³-hybridized carbons (Fsp3) is 0.595. The van der Waals surface area contributed by atoms with Gasteiger partial charge in [0, 0.05) is 12.8 Å². The van der Waals surface area contributed by atoms with Crippen LogP contribution in [-0.4, -0.2) is 158 Å². The summed E-state index contributed by atoms with van der Waals surface area (Å²) in [6.07, 6.45) is -4.15. The first-order valence-corrected chi connectivity index (χ1v) is 19.0. The molecule has 60 heavy (non-hydrogen) atoms. The monoisotopic (exact) mass is 854 g/mol. The number of carbonyl (C=O) groups excluding carboxylic acids is 7. The molecule has 0 radical (unpaired) electrons. The molecule has 0 spiro atoms. The lowest BCUT2D eigenvalue weighted by Crippen LogP contribution is -2.61. The Balaban J connectivity index is 3.19. The van der Waals surface area contributed by atoms with E-state index >= 15 is 0 Å². The second kappa shape index (κ2) is 25.7. The van der Waals surface area contributed by atoms with Gasteiger partial charge >= 0.3 is 11.9 Å². The Morgan fingerprint density at radius 3 is 1.47 bits per heavy atom. The minimum atomic E-state index is -1.85. The summed E-state index contributed by atoms with van der Waals surface area (Å²) in [6, 6.07) is -4.21. The zero-order valence-electron chi connectivity index (χ0n) is 33.9. The number of aliphatic carboxylic acids is 2. The maximum Gasteiger partial charge on any atom is 0.328 e. The first-order valence-electron chi connectivity index (χ1n) is 19.0. The molecule has 0 aromatic heterocycles. The molecule has 0 aliphatic carbocycles. The number of nitrogens with two attached hydrogens (primary N) is 1. The summed E-state index contributed by atoms with van der Waals surface area (Å²) in [6.45, 7) is 4.84. The SMILES string of the molecule is CC(C)C[C@H](NC(=O)[C@H](CCC(=O)O)NC(=O)[C@H](CO)NC(=O)[C@H](CO)NC(=O)[C@H](Cc1ccccc1)NC(=O)[C@@H](N)[C@@H](C)O)C(=O)N[C@@H](C)C(=O)N[C@H](C(=O)O)[C@@H](C)O. The van der Waals surface area contributed by atoms with Crippen molar-refractivity contribution in [3.05, 3.63) is 35.9 Å². The van der Waals surface area contributed by atoms with E-state index in [0.29, 0.717) is 5.56 Å². The van der Waals surface area contributed by atoms with E-state index in [4.69, 9.17) is 5.73 Å². The zero-order valence-corrected chi connectivity index (χ0v) is 33.9. The molecule has 23 heteroatoms. The van der Waals surface area contributed by atoms with E-state index in [1.165, 1.54) is 13.8 Å². The average Bonchev–Trinajstić information content (AvgIpc) is 3.17. The van der Waals surface area contributed by atoms with Crippen LogP contribution >= 0.6 is 0 Å². The molecule has 0 fully saturated rings. The number of aliphatic hydroxyl groups is 4. The summed E-state index contributed by atoms with van der Waals surface area (Å²) in [7, 11) is 0. The molecule has 0 heterocycles. The van der Waals surface area contributed by atoms with Gasteiger partial charge in [-0.25, -0.2) is 4.79 Å². The topological polar surface area (TPSA) is 385 Å². The van der Waals surface area contributed by atoms with Gasteiger partial charge in [-0.15, -0.1) is 0 Å². The lowest BCUT2D eigenvalue weighted by Gasteiger charge is -2.27. The summed E-state index contributed by atoms with van der Waals surface area (Å²) >= 11 is 0. The zero-order chi connectivity index (χ0) is 45.9. The first kappa shape index (κ1) is 52.3. The number of aliphatic hydroxyl groups excluding tert-OH is 4. The summed E-state index contributed by atoms with van der Waals surface area (Å²) in [4.78, 5) is 115. The van der Waals surface area contributed by atoms with Crippen LogP contribution in [0.5, 0.6) is 0 Å². The van der Waals surface area contributed by atoms with Crippen LogP contribution in [0.2, 0.25) is 0 Å². The van der Waals surface area contributed by atoms with Crippen LogP contribution in [0.4, 0.5) is 0 Å². The Hall–Kier alpha value is -5.75. The fourth-order valence-corrected chi connectivity index (χ4v) is 5.31. The maximum atomic E-state index is 13.5. The number of amides is 7. The third-order valence-corrected chi connectivity index (χ3v) is 8.79. The number of nitrogens with one attached hydrogen (secondary N) is 7. The van der Waals surface area contributed by atoms with Gasteiger partial charge in [0.15, 0.2) is 6.04 Å². The van der Waals surface area contributed by atoms with Crippen molar-refractivity contribution in [2.45, 2.75) is 121 Å². The lowest BCUT2D eigenvalue weighted by molar-refractivity contribution is -0.145. The van der Waals surface area contributed by atoms with E-state index in [1.54, 1.807) is 44.2 Å². The molecule has 0 aliphatic heterocycles. The van der Waals surface area contributed by atoms with Gasteiger partial charge < -0.3 is 73.6 Å². The molecule has 0 saturated heterocycles. The Kier molecular flexibility index (Phi) is 22.4. The molecule has 0 bridgehead atoms. The molecule has 10 atom stereocenters. The van der Waals surface area contributed by atoms with E-state index in [-0.39, 0.29) is 18.8 Å². The molecule has 336 valence electrons. The van der Waals surface area contributed by atoms with Gasteiger partial charge in [0.05, 0.1) is 25.4 Å². The van der Waals surface area contributed by atoms with Crippen LogP contribution in [0.25, 0.3) is 0 Å². The Morgan fingerprint density at radius 2 is 1.02 bits per heavy atom. The van der Waals surface area contributed by atoms with E-state index < -0.39 is 140 Å². The Labute approximate surface area is 345 Å². The molecule has 1 aromatic rings. The number of rotatable bonds is 26. The average molecular weight is 855 g/mol. The van der Waals surface area contributed by atoms with Crippen LogP contribution < -0.4 is 43.0 Å². The third kappa shape index (κ3) is 18.0. The standard InChI is InChI=1S/C37H58N8O15/c1-17(2)13-23(32(54)39-18(3)30(52)45-29(20(5)49)37(59)60)41-31(53)22(11-12-27(50)51)40-34(56)25(15-46)44-35(57)26(16-47)43-33(55)24(14-21-9-7-6-8-10-21)42-36(58)28(38)19(4)48/h6-10,17-20,22-26,28-29,46-49H,11-16,38H2,1-5H3,(H,39,54)(H,40,56)(H,41,53)(H,42,58)(H,43,55)(H,44,57)(H,45,52)(H,50,51)(H,59,60)/t18-,19+,20+,22-,23-,24-,25-,26-,28-,29-/m0/s1. The number of benzene rings is 1. The van der Waals surface area contributed by atoms with Gasteiger partial charge in [-0.1, -0.05) is 44.2 Å². The third-order valence-electron chi connectivity index (χ3n) is 8.79. The van der Waals surface area contributed by atoms with E-state index in [9.17, 15) is 73.8 Å². The van der Waals surface area contributed by atoms with Crippen molar-refractivity contribution in [1.29, 1.82) is 0 Å². The van der Waals surface area contributed by atoms with E-state index in [0.717, 1.165) is 6.92 Å². The molecule has 15 N–H and O–H groups in total. The number of hydrogen-bond donors (Lipinski definition) is 14. The molecular weight excluding hydrogens is 796 g/mol. The van der Waals surface area contributed by atoms with E-state index in [1.807, 2.05) is 0 Å². The van der Waals surface area contributed by atoms with E-state index in [2.05, 4.69) is 37.2 Å². The smallest absolute Gasteiger partial charge is 0.328 e. The minimum absolute atomic E-state index is 0.0379. The van der Waals surface area contributed by atoms with Gasteiger partial charge in [-0.2, -0.15) is 0 Å². The highest BCUT2D eigenvalue weighted by atomic mass is 16.4. The molecule has 23 nitrogen and oxygen atoms in total. The van der Waals surface area contributed by atoms with Crippen LogP contribution in [0.3, 0.4) is 0 Å². The van der Waals surface area contributed by atoms with Gasteiger partial charge in [0.25, 0.3) is 0 Å². The summed E-state index contributed by atoms with van der Waals surface area (Å²) in [5.74, 6) is -10.4. The first-order chi connectivity index (χ1) is 28.0. The highest BCUT2D eigenvalue weighted by Crippen LogP contribution is 2.09. The second-order valence-corrected chi connectivity index (χ2v) is 14.5. The Morgan fingerprint density at radius 1 is 0.567 bits per heavy atom. The van der Waals surface area contributed by atoms with Gasteiger partial charge in [-0.3, -0.25) is 38.4 Å². The molecule has 1 aromatic carbocycles. The second-order valence-electron chi connectivity index (χ2n) is 14.5. The summed E-state index contributed by atoms with van der Waals surface area (Å²) in [5.41, 5.74) is 6.28. The molecule has 0 aliphatic rings. The number of carboxylic acid groups (broad SMARTS) is 2. The normalized spacial score (nSPS) is 16.1. The number of carboxylic acids is 2. The molecule has 0 unspecified atom stereocenters. The highest BCUT2D eigenvalue weighted by Gasteiger charge is 2.34. The highest BCUT2D eigenvalue weighted by molar-refractivity contribution is 5.97. The lowest BCUT2D eigenvalue weighted by atomic mass is 10.0. The predicted molar refractivity (Wildman–Crippen MR) is 209 cm³/mol. The summed E-state index contributed by atoms with van der Waals surface area (Å²) in [5, 5.41) is 73.8. The van der Waals surface area contributed by atoms with Crippen molar-refractivity contribution in [1.82, 2.24) is 37.2 Å². The molecular formula is C37H58N8O15. The van der Waals surface area contributed by atoms with Crippen molar-refractivity contribution in [3.63, 3.8) is 0 Å². The van der Waals surface area contributed by atoms with Crippen LogP contribution in [0.15, 0.2) is 30.3 Å². The maximum absolute atomic E-state index is 13.5. The number of hydrogen-bond acceptors (Lipinski definition) is 14.